The largest absolute Gasteiger partial charge is 0.493 e. The lowest BCUT2D eigenvalue weighted by molar-refractivity contribution is -0.140. The van der Waals surface area contributed by atoms with Gasteiger partial charge in [0, 0.05) is 5.70 Å². The molecule has 0 unspecified atom stereocenters. The SMILES string of the molecule is CCOc1ccc([C@H]2NC(=O)NC(C)=C2C(=O)OCc2ccc3c(c2)OCO3)cc1OC. The van der Waals surface area contributed by atoms with Crippen LogP contribution in [-0.2, 0) is 16.1 Å². The summed E-state index contributed by atoms with van der Waals surface area (Å²) in [7, 11) is 1.53. The van der Waals surface area contributed by atoms with E-state index in [0.717, 1.165) is 5.56 Å². The van der Waals surface area contributed by atoms with E-state index < -0.39 is 18.0 Å². The van der Waals surface area contributed by atoms with E-state index in [2.05, 4.69) is 10.6 Å². The van der Waals surface area contributed by atoms with E-state index in [1.807, 2.05) is 6.92 Å². The van der Waals surface area contributed by atoms with Crippen molar-refractivity contribution in [2.24, 2.45) is 0 Å². The van der Waals surface area contributed by atoms with Crippen molar-refractivity contribution in [3.05, 3.63) is 58.8 Å². The fourth-order valence-electron chi connectivity index (χ4n) is 3.61. The van der Waals surface area contributed by atoms with Crippen molar-refractivity contribution in [2.75, 3.05) is 20.5 Å². The maximum absolute atomic E-state index is 13.0. The van der Waals surface area contributed by atoms with Crippen LogP contribution < -0.4 is 29.6 Å². The highest BCUT2D eigenvalue weighted by molar-refractivity contribution is 5.95. The van der Waals surface area contributed by atoms with E-state index in [0.29, 0.717) is 46.4 Å². The molecule has 32 heavy (non-hydrogen) atoms. The maximum atomic E-state index is 13.0. The van der Waals surface area contributed by atoms with E-state index in [9.17, 15) is 9.59 Å². The minimum atomic E-state index is -0.711. The number of benzene rings is 2. The third-order valence-electron chi connectivity index (χ3n) is 5.12. The minimum absolute atomic E-state index is 0.0412. The smallest absolute Gasteiger partial charge is 0.338 e. The zero-order chi connectivity index (χ0) is 22.7. The number of esters is 1. The molecule has 2 aromatic carbocycles. The molecule has 168 valence electrons. The summed E-state index contributed by atoms with van der Waals surface area (Å²) in [5, 5.41) is 5.43. The number of ether oxygens (including phenoxy) is 5. The van der Waals surface area contributed by atoms with Gasteiger partial charge in [-0.2, -0.15) is 0 Å². The molecule has 4 rings (SSSR count). The third kappa shape index (κ3) is 4.27. The number of carbonyl (C=O) groups excluding carboxylic acids is 2. The molecule has 0 fully saturated rings. The van der Waals surface area contributed by atoms with Gasteiger partial charge in [-0.15, -0.1) is 0 Å². The number of rotatable bonds is 7. The Hall–Kier alpha value is -3.88. The molecule has 0 aromatic heterocycles. The lowest BCUT2D eigenvalue weighted by Gasteiger charge is -2.28. The Labute approximate surface area is 185 Å². The predicted octanol–water partition coefficient (Wildman–Crippen LogP) is 3.19. The van der Waals surface area contributed by atoms with E-state index in [-0.39, 0.29) is 13.4 Å². The van der Waals surface area contributed by atoms with Crippen LogP contribution in [0.15, 0.2) is 47.7 Å². The molecule has 9 heteroatoms. The number of fused-ring (bicyclic) bond motifs is 1. The summed E-state index contributed by atoms with van der Waals surface area (Å²) in [5.41, 5.74) is 2.14. The summed E-state index contributed by atoms with van der Waals surface area (Å²) in [6.45, 7) is 4.23. The molecule has 0 bridgehead atoms. The van der Waals surface area contributed by atoms with E-state index in [4.69, 9.17) is 23.7 Å². The first kappa shape index (κ1) is 21.4. The minimum Gasteiger partial charge on any atom is -0.493 e. The first-order valence-electron chi connectivity index (χ1n) is 10.1. The van der Waals surface area contributed by atoms with Crippen molar-refractivity contribution in [2.45, 2.75) is 26.5 Å². The van der Waals surface area contributed by atoms with Gasteiger partial charge in [-0.1, -0.05) is 12.1 Å². The molecule has 0 aliphatic carbocycles. The van der Waals surface area contributed by atoms with Gasteiger partial charge in [0.1, 0.15) is 6.61 Å². The number of urea groups is 1. The maximum Gasteiger partial charge on any atom is 0.338 e. The molecular weight excluding hydrogens is 416 g/mol. The Morgan fingerprint density at radius 2 is 1.94 bits per heavy atom. The van der Waals surface area contributed by atoms with Gasteiger partial charge in [-0.3, -0.25) is 0 Å². The molecule has 0 saturated carbocycles. The van der Waals surface area contributed by atoms with Crippen molar-refractivity contribution in [1.29, 1.82) is 0 Å². The van der Waals surface area contributed by atoms with Crippen LogP contribution in [0.5, 0.6) is 23.0 Å². The normalized spacial score (nSPS) is 16.8. The first-order chi connectivity index (χ1) is 15.5. The highest BCUT2D eigenvalue weighted by Crippen LogP contribution is 2.35. The van der Waals surface area contributed by atoms with Crippen molar-refractivity contribution < 1.29 is 33.3 Å². The number of carbonyl (C=O) groups is 2. The summed E-state index contributed by atoms with van der Waals surface area (Å²) in [5.74, 6) is 1.79. The molecule has 1 atom stereocenters. The molecule has 2 aliphatic rings. The fourth-order valence-corrected chi connectivity index (χ4v) is 3.61. The van der Waals surface area contributed by atoms with Gasteiger partial charge in [0.2, 0.25) is 6.79 Å². The van der Waals surface area contributed by atoms with Gasteiger partial charge in [-0.25, -0.2) is 9.59 Å². The van der Waals surface area contributed by atoms with Gasteiger partial charge in [0.15, 0.2) is 23.0 Å². The number of methoxy groups -OCH3 is 1. The number of allylic oxidation sites excluding steroid dienone is 1. The molecule has 2 aliphatic heterocycles. The molecule has 2 amide bonds. The van der Waals surface area contributed by atoms with E-state index in [1.165, 1.54) is 7.11 Å². The van der Waals surface area contributed by atoms with Crippen molar-refractivity contribution >= 4 is 12.0 Å². The topological polar surface area (TPSA) is 104 Å². The van der Waals surface area contributed by atoms with Crippen LogP contribution in [0, 0.1) is 0 Å². The fraction of sp³-hybridized carbons (Fsp3) is 0.304. The summed E-state index contributed by atoms with van der Waals surface area (Å²) >= 11 is 0. The van der Waals surface area contributed by atoms with Crippen molar-refractivity contribution in [3.63, 3.8) is 0 Å². The Morgan fingerprint density at radius 1 is 1.12 bits per heavy atom. The Kier molecular flexibility index (Phi) is 6.07. The lowest BCUT2D eigenvalue weighted by atomic mass is 9.95. The van der Waals surface area contributed by atoms with Crippen LogP contribution in [0.1, 0.15) is 31.0 Å². The zero-order valence-corrected chi connectivity index (χ0v) is 18.0. The monoisotopic (exact) mass is 440 g/mol. The quantitative estimate of drug-likeness (QED) is 0.637. The number of hydrogen-bond acceptors (Lipinski definition) is 7. The third-order valence-corrected chi connectivity index (χ3v) is 5.12. The van der Waals surface area contributed by atoms with Gasteiger partial charge in [0.05, 0.1) is 25.3 Å². The van der Waals surface area contributed by atoms with Crippen LogP contribution in [-0.4, -0.2) is 32.5 Å². The summed E-state index contributed by atoms with van der Waals surface area (Å²) in [6.07, 6.45) is 0. The zero-order valence-electron chi connectivity index (χ0n) is 18.0. The Balaban J connectivity index is 1.56. The van der Waals surface area contributed by atoms with Gasteiger partial charge >= 0.3 is 12.0 Å². The average Bonchev–Trinajstić information content (AvgIpc) is 3.25. The van der Waals surface area contributed by atoms with Gasteiger partial charge in [0.25, 0.3) is 0 Å². The average molecular weight is 440 g/mol. The predicted molar refractivity (Wildman–Crippen MR) is 114 cm³/mol. The molecule has 0 radical (unpaired) electrons. The highest BCUT2D eigenvalue weighted by atomic mass is 16.7. The summed E-state index contributed by atoms with van der Waals surface area (Å²) in [4.78, 5) is 25.2. The summed E-state index contributed by atoms with van der Waals surface area (Å²) in [6, 6.07) is 9.49. The van der Waals surface area contributed by atoms with E-state index in [1.54, 1.807) is 43.3 Å². The second kappa shape index (κ2) is 9.09. The second-order valence-corrected chi connectivity index (χ2v) is 7.18. The highest BCUT2D eigenvalue weighted by Gasteiger charge is 2.33. The number of nitrogens with one attached hydrogen (secondary N) is 2. The lowest BCUT2D eigenvalue weighted by Crippen LogP contribution is -2.45. The van der Waals surface area contributed by atoms with Crippen LogP contribution in [0.25, 0.3) is 0 Å². The van der Waals surface area contributed by atoms with Crippen LogP contribution in [0.2, 0.25) is 0 Å². The molecular formula is C23H24N2O7. The number of amides is 2. The molecule has 2 aromatic rings. The molecule has 0 saturated heterocycles. The van der Waals surface area contributed by atoms with Gasteiger partial charge in [-0.05, 0) is 49.2 Å². The van der Waals surface area contributed by atoms with E-state index >= 15 is 0 Å². The van der Waals surface area contributed by atoms with Crippen LogP contribution >= 0.6 is 0 Å². The molecule has 2 N–H and O–H groups in total. The van der Waals surface area contributed by atoms with Crippen molar-refractivity contribution in [1.82, 2.24) is 10.6 Å². The Bertz CT molecular complexity index is 1080. The molecule has 2 heterocycles. The van der Waals surface area contributed by atoms with Crippen molar-refractivity contribution in [3.8, 4) is 23.0 Å². The van der Waals surface area contributed by atoms with Gasteiger partial charge < -0.3 is 34.3 Å². The Morgan fingerprint density at radius 3 is 2.72 bits per heavy atom. The summed E-state index contributed by atoms with van der Waals surface area (Å²) < 4.78 is 27.2. The van der Waals surface area contributed by atoms with Crippen LogP contribution in [0.3, 0.4) is 0 Å². The first-order valence-corrected chi connectivity index (χ1v) is 10.1. The molecule has 9 nitrogen and oxygen atoms in total. The number of hydrogen-bond donors (Lipinski definition) is 2. The standard InChI is InChI=1S/C23H24N2O7/c1-4-29-16-8-6-15(10-18(16)28-3)21-20(13(2)24-23(27)25-21)22(26)30-11-14-5-7-17-19(9-14)32-12-31-17/h5-10,21H,4,11-12H2,1-3H3,(H2,24,25,27)/t21-/m1/s1. The molecule has 0 spiro atoms. The second-order valence-electron chi connectivity index (χ2n) is 7.18. The van der Waals surface area contributed by atoms with Crippen LogP contribution in [0.4, 0.5) is 4.79 Å².